The number of nitrogens with two attached hydrogens (primary N) is 1. The molecule has 6 nitrogen and oxygen atoms in total. The average molecular weight is 239 g/mol. The van der Waals surface area contributed by atoms with E-state index in [0.717, 1.165) is 6.26 Å². The molecule has 0 bridgehead atoms. The summed E-state index contributed by atoms with van der Waals surface area (Å²) in [6.07, 6.45) is 0.884. The van der Waals surface area contributed by atoms with Gasteiger partial charge in [-0.2, -0.15) is 8.42 Å². The van der Waals surface area contributed by atoms with E-state index >= 15 is 0 Å². The second-order valence-electron chi connectivity index (χ2n) is 4.13. The number of esters is 1. The Hall–Kier alpha value is -0.660. The van der Waals surface area contributed by atoms with Crippen molar-refractivity contribution in [3.8, 4) is 0 Å². The van der Waals surface area contributed by atoms with Crippen LogP contribution in [0, 0.1) is 0 Å². The van der Waals surface area contributed by atoms with Gasteiger partial charge in [-0.1, -0.05) is 0 Å². The molecule has 0 spiro atoms. The summed E-state index contributed by atoms with van der Waals surface area (Å²) in [5.41, 5.74) is 4.71. The fourth-order valence-electron chi connectivity index (χ4n) is 0.642. The van der Waals surface area contributed by atoms with Gasteiger partial charge < -0.3 is 10.5 Å². The van der Waals surface area contributed by atoms with Crippen LogP contribution in [0.25, 0.3) is 0 Å². The van der Waals surface area contributed by atoms with Gasteiger partial charge in [0.2, 0.25) is 0 Å². The van der Waals surface area contributed by atoms with Crippen molar-refractivity contribution < 1.29 is 22.1 Å². The van der Waals surface area contributed by atoms with Gasteiger partial charge in [-0.3, -0.25) is 8.98 Å². The lowest BCUT2D eigenvalue weighted by Gasteiger charge is -2.21. The zero-order valence-corrected chi connectivity index (χ0v) is 10.1. The van der Waals surface area contributed by atoms with Crippen LogP contribution in [0.3, 0.4) is 0 Å². The van der Waals surface area contributed by atoms with E-state index in [-0.39, 0.29) is 0 Å². The first-order chi connectivity index (χ1) is 6.51. The van der Waals surface area contributed by atoms with Crippen LogP contribution in [0.4, 0.5) is 0 Å². The number of hydrogen-bond acceptors (Lipinski definition) is 6. The number of carbonyl (C=O) groups excluding carboxylic acids is 1. The highest BCUT2D eigenvalue weighted by Crippen LogP contribution is 2.08. The molecule has 0 rings (SSSR count). The minimum atomic E-state index is -3.58. The van der Waals surface area contributed by atoms with E-state index in [1.807, 2.05) is 0 Å². The molecule has 0 aliphatic heterocycles. The molecular weight excluding hydrogens is 222 g/mol. The molecule has 1 atom stereocenters. The van der Waals surface area contributed by atoms with Crippen LogP contribution in [0.1, 0.15) is 20.8 Å². The van der Waals surface area contributed by atoms with E-state index in [0.29, 0.717) is 0 Å². The molecule has 0 aromatic rings. The van der Waals surface area contributed by atoms with Crippen molar-refractivity contribution in [3.63, 3.8) is 0 Å². The highest BCUT2D eigenvalue weighted by Gasteiger charge is 2.23. The van der Waals surface area contributed by atoms with Crippen molar-refractivity contribution in [1.29, 1.82) is 0 Å². The van der Waals surface area contributed by atoms with Crippen molar-refractivity contribution in [2.24, 2.45) is 5.73 Å². The van der Waals surface area contributed by atoms with Crippen molar-refractivity contribution in [3.05, 3.63) is 0 Å². The molecule has 0 amide bonds. The molecule has 7 heteroatoms. The third-order valence-corrected chi connectivity index (χ3v) is 1.74. The third kappa shape index (κ3) is 8.34. The Morgan fingerprint density at radius 3 is 2.20 bits per heavy atom. The second kappa shape index (κ2) is 4.91. The molecule has 15 heavy (non-hydrogen) atoms. The molecule has 0 aromatic heterocycles. The van der Waals surface area contributed by atoms with Gasteiger partial charge in [0, 0.05) is 0 Å². The molecule has 0 fully saturated rings. The third-order valence-electron chi connectivity index (χ3n) is 1.17. The summed E-state index contributed by atoms with van der Waals surface area (Å²) in [4.78, 5) is 11.3. The van der Waals surface area contributed by atoms with Crippen molar-refractivity contribution in [1.82, 2.24) is 0 Å². The predicted octanol–water partition coefficient (Wildman–Crippen LogP) is -0.368. The fourth-order valence-corrected chi connectivity index (χ4v) is 1.04. The van der Waals surface area contributed by atoms with Gasteiger partial charge in [0.25, 0.3) is 10.1 Å². The first-order valence-corrected chi connectivity index (χ1v) is 6.16. The fraction of sp³-hybridized carbons (Fsp3) is 0.875. The average Bonchev–Trinajstić information content (AvgIpc) is 1.95. The lowest BCUT2D eigenvalue weighted by Crippen LogP contribution is -2.40. The van der Waals surface area contributed by atoms with Crippen molar-refractivity contribution in [2.45, 2.75) is 32.4 Å². The topological polar surface area (TPSA) is 95.7 Å². The summed E-state index contributed by atoms with van der Waals surface area (Å²) in [6, 6.07) is -1.10. The van der Waals surface area contributed by atoms with E-state index in [9.17, 15) is 13.2 Å². The van der Waals surface area contributed by atoms with Gasteiger partial charge in [-0.15, -0.1) is 0 Å². The maximum Gasteiger partial charge on any atom is 0.325 e. The Morgan fingerprint density at radius 1 is 1.40 bits per heavy atom. The first-order valence-electron chi connectivity index (χ1n) is 4.34. The molecule has 1 unspecified atom stereocenters. The van der Waals surface area contributed by atoms with E-state index in [1.165, 1.54) is 0 Å². The van der Waals surface area contributed by atoms with Gasteiger partial charge in [-0.25, -0.2) is 0 Å². The molecule has 2 N–H and O–H groups in total. The molecule has 0 heterocycles. The minimum absolute atomic E-state index is 0.409. The van der Waals surface area contributed by atoms with Crippen molar-refractivity contribution in [2.75, 3.05) is 12.9 Å². The highest BCUT2D eigenvalue weighted by molar-refractivity contribution is 7.85. The Kier molecular flexibility index (Phi) is 4.69. The van der Waals surface area contributed by atoms with Crippen LogP contribution in [0.2, 0.25) is 0 Å². The summed E-state index contributed by atoms with van der Waals surface area (Å²) in [7, 11) is -3.58. The number of hydrogen-bond donors (Lipinski definition) is 1. The molecule has 0 saturated heterocycles. The zero-order chi connectivity index (χ0) is 12.3. The summed E-state index contributed by atoms with van der Waals surface area (Å²) < 4.78 is 30.5. The van der Waals surface area contributed by atoms with Crippen molar-refractivity contribution >= 4 is 16.1 Å². The molecule has 0 aliphatic rings. The van der Waals surface area contributed by atoms with Crippen LogP contribution < -0.4 is 5.73 Å². The van der Waals surface area contributed by atoms with Gasteiger partial charge in [-0.05, 0) is 20.8 Å². The van der Waals surface area contributed by atoms with Crippen LogP contribution in [-0.2, 0) is 23.8 Å². The van der Waals surface area contributed by atoms with Crippen LogP contribution in [0.5, 0.6) is 0 Å². The molecule has 0 aliphatic carbocycles. The standard InChI is InChI=1S/C8H17NO5S/c1-8(2,3)14-7(10)6(9)5-13-15(4,11)12/h6H,5,9H2,1-4H3. The molecule has 0 saturated carbocycles. The molecule has 0 radical (unpaired) electrons. The number of ether oxygens (including phenoxy) is 1. The lowest BCUT2D eigenvalue weighted by atomic mass is 10.2. The van der Waals surface area contributed by atoms with Gasteiger partial charge >= 0.3 is 5.97 Å². The number of carbonyl (C=O) groups is 1. The summed E-state index contributed by atoms with van der Waals surface area (Å²) in [5, 5.41) is 0. The summed E-state index contributed by atoms with van der Waals surface area (Å²) in [6.45, 7) is 4.66. The van der Waals surface area contributed by atoms with E-state index in [1.54, 1.807) is 20.8 Å². The van der Waals surface area contributed by atoms with Gasteiger partial charge in [0.15, 0.2) is 0 Å². The quantitative estimate of drug-likeness (QED) is 0.531. The largest absolute Gasteiger partial charge is 0.459 e. The Morgan fingerprint density at radius 2 is 1.87 bits per heavy atom. The maximum absolute atomic E-state index is 11.3. The Labute approximate surface area is 89.9 Å². The van der Waals surface area contributed by atoms with Crippen LogP contribution in [-0.4, -0.2) is 38.9 Å². The van der Waals surface area contributed by atoms with E-state index < -0.39 is 34.3 Å². The SMILES string of the molecule is CC(C)(C)OC(=O)C(N)COS(C)(=O)=O. The summed E-state index contributed by atoms with van der Waals surface area (Å²) >= 11 is 0. The Balaban J connectivity index is 4.12. The highest BCUT2D eigenvalue weighted by atomic mass is 32.2. The smallest absolute Gasteiger partial charge is 0.325 e. The molecule has 0 aromatic carbocycles. The predicted molar refractivity (Wildman–Crippen MR) is 54.6 cm³/mol. The number of rotatable bonds is 4. The van der Waals surface area contributed by atoms with Gasteiger partial charge in [0.05, 0.1) is 12.9 Å². The Bertz CT molecular complexity index is 316. The first kappa shape index (κ1) is 14.3. The molecular formula is C8H17NO5S. The summed E-state index contributed by atoms with van der Waals surface area (Å²) in [5.74, 6) is -0.689. The van der Waals surface area contributed by atoms with Crippen LogP contribution in [0.15, 0.2) is 0 Å². The molecule has 90 valence electrons. The minimum Gasteiger partial charge on any atom is -0.459 e. The second-order valence-corrected chi connectivity index (χ2v) is 5.77. The van der Waals surface area contributed by atoms with Crippen LogP contribution >= 0.6 is 0 Å². The van der Waals surface area contributed by atoms with Gasteiger partial charge in [0.1, 0.15) is 11.6 Å². The maximum atomic E-state index is 11.3. The van der Waals surface area contributed by atoms with E-state index in [4.69, 9.17) is 10.5 Å². The monoisotopic (exact) mass is 239 g/mol. The lowest BCUT2D eigenvalue weighted by molar-refractivity contribution is -0.157. The van der Waals surface area contributed by atoms with E-state index in [2.05, 4.69) is 4.18 Å². The zero-order valence-electron chi connectivity index (χ0n) is 9.31. The normalized spacial score (nSPS) is 14.7.